The van der Waals surface area contributed by atoms with Crippen LogP contribution in [0.3, 0.4) is 0 Å². The number of nitrogens with zero attached hydrogens (tertiary/aromatic N) is 3. The summed E-state index contributed by atoms with van der Waals surface area (Å²) in [7, 11) is 0. The van der Waals surface area contributed by atoms with Gasteiger partial charge in [0, 0.05) is 23.4 Å². The first-order chi connectivity index (χ1) is 8.14. The summed E-state index contributed by atoms with van der Waals surface area (Å²) in [6, 6.07) is 5.40. The number of alkyl halides is 1. The average Bonchev–Trinajstić information content (AvgIpc) is 2.40. The normalized spacial score (nSPS) is 11.5. The van der Waals surface area contributed by atoms with Crippen LogP contribution in [0.2, 0.25) is 0 Å². The van der Waals surface area contributed by atoms with Crippen molar-refractivity contribution >= 4 is 0 Å². The highest BCUT2D eigenvalue weighted by Crippen LogP contribution is 2.28. The molecule has 2 rings (SSSR count). The van der Waals surface area contributed by atoms with E-state index in [1.165, 1.54) is 6.33 Å². The Kier molecular flexibility index (Phi) is 3.13. The number of halogens is 1. The molecule has 0 radical (unpaired) electrons. The minimum atomic E-state index is -0.546. The molecule has 88 valence electrons. The van der Waals surface area contributed by atoms with Gasteiger partial charge in [-0.15, -0.1) is 0 Å². The second kappa shape index (κ2) is 4.57. The van der Waals surface area contributed by atoms with Gasteiger partial charge >= 0.3 is 0 Å². The van der Waals surface area contributed by atoms with Crippen LogP contribution in [0.1, 0.15) is 30.8 Å². The third-order valence-corrected chi connectivity index (χ3v) is 2.87. The lowest BCUT2D eigenvalue weighted by molar-refractivity contribution is 0.471. The van der Waals surface area contributed by atoms with E-state index in [-0.39, 0.29) is 5.41 Å². The Bertz CT molecular complexity index is 497. The van der Waals surface area contributed by atoms with Crippen LogP contribution in [0.4, 0.5) is 4.39 Å². The smallest absolute Gasteiger partial charge is 0.131 e. The van der Waals surface area contributed by atoms with E-state index in [9.17, 15) is 4.39 Å². The summed E-state index contributed by atoms with van der Waals surface area (Å²) in [6.45, 7) is 3.50. The lowest BCUT2D eigenvalue weighted by Crippen LogP contribution is -2.21. The van der Waals surface area contributed by atoms with Crippen LogP contribution in [-0.4, -0.2) is 15.0 Å². The maximum Gasteiger partial charge on any atom is 0.131 e. The topological polar surface area (TPSA) is 38.7 Å². The number of hydrogen-bond acceptors (Lipinski definition) is 3. The fraction of sp³-hybridized carbons (Fsp3) is 0.308. The van der Waals surface area contributed by atoms with Crippen LogP contribution in [-0.2, 0) is 12.1 Å². The quantitative estimate of drug-likeness (QED) is 0.815. The molecule has 0 aliphatic heterocycles. The Labute approximate surface area is 99.8 Å². The molecule has 2 heterocycles. The Morgan fingerprint density at radius 3 is 2.53 bits per heavy atom. The van der Waals surface area contributed by atoms with E-state index in [2.05, 4.69) is 15.0 Å². The summed E-state index contributed by atoms with van der Waals surface area (Å²) in [5, 5.41) is 0. The second-order valence-electron chi connectivity index (χ2n) is 4.40. The van der Waals surface area contributed by atoms with Crippen LogP contribution in [0.15, 0.2) is 36.9 Å². The molecule has 0 aliphatic rings. The predicted molar refractivity (Wildman–Crippen MR) is 63.2 cm³/mol. The molecule has 17 heavy (non-hydrogen) atoms. The van der Waals surface area contributed by atoms with Gasteiger partial charge in [-0.25, -0.2) is 14.4 Å². The van der Waals surface area contributed by atoms with Crippen LogP contribution >= 0.6 is 0 Å². The maximum absolute atomic E-state index is 12.6. The molecule has 0 N–H and O–H groups in total. The van der Waals surface area contributed by atoms with E-state index in [4.69, 9.17) is 0 Å². The zero-order valence-corrected chi connectivity index (χ0v) is 9.89. The van der Waals surface area contributed by atoms with Crippen molar-refractivity contribution in [3.63, 3.8) is 0 Å². The fourth-order valence-corrected chi connectivity index (χ4v) is 1.67. The molecule has 0 aliphatic carbocycles. The van der Waals surface area contributed by atoms with E-state index in [1.54, 1.807) is 18.5 Å². The Hall–Kier alpha value is -1.84. The lowest BCUT2D eigenvalue weighted by atomic mass is 9.82. The molecule has 0 atom stereocenters. The minimum Gasteiger partial charge on any atom is -0.254 e. The summed E-state index contributed by atoms with van der Waals surface area (Å²) < 4.78 is 12.6. The van der Waals surface area contributed by atoms with Crippen molar-refractivity contribution in [1.82, 2.24) is 15.0 Å². The zero-order chi connectivity index (χ0) is 12.3. The lowest BCUT2D eigenvalue weighted by Gasteiger charge is -2.24. The monoisotopic (exact) mass is 231 g/mol. The molecule has 3 nitrogen and oxygen atoms in total. The van der Waals surface area contributed by atoms with E-state index in [0.29, 0.717) is 5.69 Å². The molecule has 0 unspecified atom stereocenters. The Balaban J connectivity index is 2.44. The third kappa shape index (κ3) is 2.30. The fourth-order valence-electron chi connectivity index (χ4n) is 1.67. The van der Waals surface area contributed by atoms with E-state index >= 15 is 0 Å². The first-order valence-electron chi connectivity index (χ1n) is 5.42. The van der Waals surface area contributed by atoms with Crippen molar-refractivity contribution in [2.75, 3.05) is 0 Å². The van der Waals surface area contributed by atoms with E-state index < -0.39 is 6.67 Å². The summed E-state index contributed by atoms with van der Waals surface area (Å²) in [6.07, 6.45) is 5.01. The third-order valence-electron chi connectivity index (χ3n) is 2.87. The highest BCUT2D eigenvalue weighted by atomic mass is 19.1. The van der Waals surface area contributed by atoms with Gasteiger partial charge in [0.05, 0.1) is 11.4 Å². The van der Waals surface area contributed by atoms with Gasteiger partial charge in [0.1, 0.15) is 13.0 Å². The molecule has 0 bridgehead atoms. The zero-order valence-electron chi connectivity index (χ0n) is 9.89. The highest BCUT2D eigenvalue weighted by Gasteiger charge is 2.25. The highest BCUT2D eigenvalue weighted by molar-refractivity contribution is 5.30. The molecule has 2 aromatic rings. The van der Waals surface area contributed by atoms with Crippen molar-refractivity contribution in [2.45, 2.75) is 25.9 Å². The van der Waals surface area contributed by atoms with Gasteiger partial charge in [0.15, 0.2) is 0 Å². The molecule has 0 saturated heterocycles. The largest absolute Gasteiger partial charge is 0.254 e. The summed E-state index contributed by atoms with van der Waals surface area (Å²) >= 11 is 0. The van der Waals surface area contributed by atoms with E-state index in [1.807, 2.05) is 26.0 Å². The molecule has 0 fully saturated rings. The first kappa shape index (κ1) is 11.6. The van der Waals surface area contributed by atoms with Gasteiger partial charge < -0.3 is 0 Å². The molecule has 0 aromatic carbocycles. The number of hydrogen-bond donors (Lipinski definition) is 0. The average molecular weight is 231 g/mol. The number of aromatic nitrogens is 3. The van der Waals surface area contributed by atoms with Gasteiger partial charge in [-0.1, -0.05) is 19.9 Å². The molecule has 2 aromatic heterocycles. The summed E-state index contributed by atoms with van der Waals surface area (Å²) in [5.74, 6) is 0. The first-order valence-corrected chi connectivity index (χ1v) is 5.42. The Morgan fingerprint density at radius 1 is 1.18 bits per heavy atom. The predicted octanol–water partition coefficient (Wildman–Crippen LogP) is 2.67. The Morgan fingerprint density at radius 2 is 1.88 bits per heavy atom. The molecule has 0 saturated carbocycles. The van der Waals surface area contributed by atoms with Crippen molar-refractivity contribution < 1.29 is 4.39 Å². The van der Waals surface area contributed by atoms with Gasteiger partial charge in [-0.05, 0) is 12.1 Å². The summed E-state index contributed by atoms with van der Waals surface area (Å²) in [4.78, 5) is 12.3. The number of pyridine rings is 1. The molecular formula is C13H14FN3. The van der Waals surface area contributed by atoms with Crippen molar-refractivity contribution in [1.29, 1.82) is 0 Å². The van der Waals surface area contributed by atoms with Crippen molar-refractivity contribution in [3.05, 3.63) is 53.9 Å². The van der Waals surface area contributed by atoms with Gasteiger partial charge in [0.25, 0.3) is 0 Å². The van der Waals surface area contributed by atoms with Gasteiger partial charge in [-0.3, -0.25) is 4.98 Å². The molecule has 0 amide bonds. The van der Waals surface area contributed by atoms with Crippen molar-refractivity contribution in [2.24, 2.45) is 0 Å². The van der Waals surface area contributed by atoms with Gasteiger partial charge in [0.2, 0.25) is 0 Å². The maximum atomic E-state index is 12.6. The van der Waals surface area contributed by atoms with Crippen LogP contribution in [0.25, 0.3) is 0 Å². The SMILES string of the molecule is CC(C)(c1cncnc1)c1cccc(CF)n1. The number of rotatable bonds is 3. The van der Waals surface area contributed by atoms with Crippen LogP contribution in [0, 0.1) is 0 Å². The standard InChI is InChI=1S/C13H14FN3/c1-13(2,10-7-15-9-16-8-10)12-5-3-4-11(6-14)17-12/h3-5,7-9H,6H2,1-2H3. The summed E-state index contributed by atoms with van der Waals surface area (Å²) in [5.41, 5.74) is 1.91. The van der Waals surface area contributed by atoms with Crippen molar-refractivity contribution in [3.8, 4) is 0 Å². The van der Waals surface area contributed by atoms with E-state index in [0.717, 1.165) is 11.3 Å². The molecule has 4 heteroatoms. The van der Waals surface area contributed by atoms with Crippen LogP contribution in [0.5, 0.6) is 0 Å². The molecular weight excluding hydrogens is 217 g/mol. The van der Waals surface area contributed by atoms with Crippen LogP contribution < -0.4 is 0 Å². The minimum absolute atomic E-state index is 0.327. The molecule has 0 spiro atoms. The second-order valence-corrected chi connectivity index (χ2v) is 4.40. The van der Waals surface area contributed by atoms with Gasteiger partial charge in [-0.2, -0.15) is 0 Å².